The van der Waals surface area contributed by atoms with Crippen LogP contribution in [0.4, 0.5) is 0 Å². The van der Waals surface area contributed by atoms with Gasteiger partial charge in [0.15, 0.2) is 6.20 Å². The number of benzene rings is 4. The summed E-state index contributed by atoms with van der Waals surface area (Å²) in [4.78, 5) is 2.79. The van der Waals surface area contributed by atoms with E-state index in [1.54, 1.807) is 0 Å². The highest BCUT2D eigenvalue weighted by Gasteiger charge is 2.35. The van der Waals surface area contributed by atoms with Crippen molar-refractivity contribution in [2.75, 3.05) is 0 Å². The van der Waals surface area contributed by atoms with E-state index in [2.05, 4.69) is 108 Å². The molecule has 0 unspecified atom stereocenters. The van der Waals surface area contributed by atoms with Crippen LogP contribution in [-0.4, -0.2) is 0 Å². The molecule has 0 radical (unpaired) electrons. The highest BCUT2D eigenvalue weighted by Crippen LogP contribution is 2.55. The Hall–Kier alpha value is -3.30. The van der Waals surface area contributed by atoms with Gasteiger partial charge >= 0.3 is 0 Å². The van der Waals surface area contributed by atoms with Crippen LogP contribution in [0.3, 0.4) is 0 Å². The number of aromatic nitrogens is 1. The smallest absolute Gasteiger partial charge is 0.222 e. The fourth-order valence-electron chi connectivity index (χ4n) is 6.42. The largest absolute Gasteiger partial charge is 0.455 e. The number of aryl methyl sites for hydroxylation is 4. The number of fused-ring (bicyclic) bond motifs is 7. The Morgan fingerprint density at radius 1 is 0.811 bits per heavy atom. The van der Waals surface area contributed by atoms with Gasteiger partial charge in [-0.3, -0.25) is 0 Å². The lowest BCUT2D eigenvalue weighted by molar-refractivity contribution is -0.659. The Bertz CT molecular complexity index is 1950. The van der Waals surface area contributed by atoms with Gasteiger partial charge in [0.05, 0.1) is 10.9 Å². The first-order valence-electron chi connectivity index (χ1n) is 13.1. The topological polar surface area (TPSA) is 17.0 Å². The molecule has 0 saturated carbocycles. The minimum atomic E-state index is 0.176. The maximum absolute atomic E-state index is 6.54. The lowest BCUT2D eigenvalue weighted by atomic mass is 9.82. The molecule has 2 aromatic heterocycles. The zero-order valence-electron chi connectivity index (χ0n) is 22.7. The second-order valence-corrected chi connectivity index (χ2v) is 13.0. The highest BCUT2D eigenvalue weighted by molar-refractivity contribution is 8.00. The summed E-state index contributed by atoms with van der Waals surface area (Å²) in [5.74, 6) is 0. The molecular formula is C34H32NOS+. The van der Waals surface area contributed by atoms with Gasteiger partial charge in [-0.1, -0.05) is 74.5 Å². The van der Waals surface area contributed by atoms with Crippen LogP contribution in [0.1, 0.15) is 43.0 Å². The van der Waals surface area contributed by atoms with E-state index in [1.807, 2.05) is 11.8 Å². The lowest BCUT2D eigenvalue weighted by Gasteiger charge is -2.28. The molecule has 3 heteroatoms. The average molecular weight is 503 g/mol. The summed E-state index contributed by atoms with van der Waals surface area (Å²) in [5.41, 5.74) is 10.3. The summed E-state index contributed by atoms with van der Waals surface area (Å²) < 4.78 is 8.87. The van der Waals surface area contributed by atoms with E-state index in [1.165, 1.54) is 75.6 Å². The van der Waals surface area contributed by atoms with Crippen LogP contribution >= 0.6 is 11.8 Å². The molecule has 0 aliphatic carbocycles. The first-order valence-corrected chi connectivity index (χ1v) is 14.0. The number of furan rings is 1. The fourth-order valence-corrected chi connectivity index (χ4v) is 7.85. The van der Waals surface area contributed by atoms with Crippen molar-refractivity contribution in [1.29, 1.82) is 0 Å². The van der Waals surface area contributed by atoms with Gasteiger partial charge in [-0.2, -0.15) is 0 Å². The Morgan fingerprint density at radius 2 is 1.59 bits per heavy atom. The van der Waals surface area contributed by atoms with Gasteiger partial charge in [-0.15, -0.1) is 0 Å². The van der Waals surface area contributed by atoms with Crippen molar-refractivity contribution in [3.05, 3.63) is 77.0 Å². The van der Waals surface area contributed by atoms with Crippen LogP contribution in [0.5, 0.6) is 0 Å². The van der Waals surface area contributed by atoms with Crippen LogP contribution in [0.15, 0.2) is 68.9 Å². The zero-order valence-corrected chi connectivity index (χ0v) is 23.5. The molecule has 0 saturated heterocycles. The van der Waals surface area contributed by atoms with Crippen LogP contribution in [0, 0.1) is 26.2 Å². The van der Waals surface area contributed by atoms with Crippen molar-refractivity contribution >= 4 is 55.2 Å². The Kier molecular flexibility index (Phi) is 4.70. The summed E-state index contributed by atoms with van der Waals surface area (Å²) in [5, 5.41) is 7.76. The number of pyridine rings is 1. The molecule has 0 atom stereocenters. The minimum absolute atomic E-state index is 0.176. The van der Waals surface area contributed by atoms with E-state index in [9.17, 15) is 0 Å². The molecule has 0 fully saturated rings. The Labute approximate surface area is 222 Å². The summed E-state index contributed by atoms with van der Waals surface area (Å²) in [6.45, 7) is 13.9. The van der Waals surface area contributed by atoms with Crippen molar-refractivity contribution in [1.82, 2.24) is 0 Å². The van der Waals surface area contributed by atoms with Crippen molar-refractivity contribution in [2.24, 2.45) is 12.5 Å². The van der Waals surface area contributed by atoms with E-state index in [4.69, 9.17) is 4.42 Å². The standard InChI is InChI=1S/C34H32NOS/c1-18-12-13-21-24(16-18)19(2)28-30-29-23(14-15-35(30)7)31-27(22-10-8-9-11-26(22)36-31)20(3)32(29)37-33(28)25(21)17-34(4,5)6/h8-16H,17H2,1-7H3/q+1. The van der Waals surface area contributed by atoms with Gasteiger partial charge < -0.3 is 4.42 Å². The molecule has 0 N–H and O–H groups in total. The molecule has 1 aliphatic heterocycles. The number of rotatable bonds is 1. The second kappa shape index (κ2) is 7.61. The van der Waals surface area contributed by atoms with Gasteiger partial charge in [0.2, 0.25) is 5.69 Å². The third kappa shape index (κ3) is 3.16. The Balaban J connectivity index is 1.71. The molecule has 0 bridgehead atoms. The normalized spacial score (nSPS) is 13.3. The average Bonchev–Trinajstić information content (AvgIpc) is 3.24. The van der Waals surface area contributed by atoms with Crippen molar-refractivity contribution in [3.63, 3.8) is 0 Å². The maximum Gasteiger partial charge on any atom is 0.222 e. The first kappa shape index (κ1) is 22.9. The van der Waals surface area contributed by atoms with E-state index in [0.29, 0.717) is 0 Å². The van der Waals surface area contributed by atoms with E-state index in [-0.39, 0.29) is 5.41 Å². The minimum Gasteiger partial charge on any atom is -0.455 e. The summed E-state index contributed by atoms with van der Waals surface area (Å²) >= 11 is 1.98. The SMILES string of the molecule is Cc1ccc2c(CC(C)(C)C)c3c(c(C)c2c1)-c1c2c(c(C)c4c5ccccc5oc4c2cc[n+]1C)S3. The molecule has 0 amide bonds. The van der Waals surface area contributed by atoms with Gasteiger partial charge in [0, 0.05) is 32.0 Å². The molecule has 37 heavy (non-hydrogen) atoms. The molecule has 6 aromatic rings. The molecule has 0 spiro atoms. The monoisotopic (exact) mass is 502 g/mol. The number of para-hydroxylation sites is 1. The van der Waals surface area contributed by atoms with Crippen LogP contribution in [-0.2, 0) is 13.5 Å². The third-order valence-electron chi connectivity index (χ3n) is 8.03. The summed E-state index contributed by atoms with van der Waals surface area (Å²) in [7, 11) is 2.19. The van der Waals surface area contributed by atoms with Crippen LogP contribution in [0.25, 0.3) is 54.7 Å². The van der Waals surface area contributed by atoms with E-state index >= 15 is 0 Å². The molecule has 184 valence electrons. The number of nitrogens with zero attached hydrogens (tertiary/aromatic N) is 1. The molecule has 2 nitrogen and oxygen atoms in total. The molecule has 1 aliphatic rings. The lowest BCUT2D eigenvalue weighted by Crippen LogP contribution is -2.32. The molecular weight excluding hydrogens is 470 g/mol. The fraction of sp³-hybridized carbons (Fsp3) is 0.265. The molecule has 4 aromatic carbocycles. The summed E-state index contributed by atoms with van der Waals surface area (Å²) in [6.07, 6.45) is 3.25. The molecule has 7 rings (SSSR count). The quantitative estimate of drug-likeness (QED) is 0.208. The maximum atomic E-state index is 6.54. The van der Waals surface area contributed by atoms with E-state index in [0.717, 1.165) is 17.6 Å². The predicted molar refractivity (Wildman–Crippen MR) is 157 cm³/mol. The highest BCUT2D eigenvalue weighted by atomic mass is 32.2. The first-order chi connectivity index (χ1) is 17.6. The van der Waals surface area contributed by atoms with Gasteiger partial charge in [0.1, 0.15) is 18.2 Å². The Morgan fingerprint density at radius 3 is 2.38 bits per heavy atom. The number of hydrogen-bond acceptors (Lipinski definition) is 2. The van der Waals surface area contributed by atoms with Crippen molar-refractivity contribution in [2.45, 2.75) is 57.8 Å². The summed E-state index contributed by atoms with van der Waals surface area (Å²) in [6, 6.07) is 17.7. The van der Waals surface area contributed by atoms with Crippen LogP contribution in [0.2, 0.25) is 0 Å². The van der Waals surface area contributed by atoms with Crippen LogP contribution < -0.4 is 4.57 Å². The predicted octanol–water partition coefficient (Wildman–Crippen LogP) is 9.36. The second-order valence-electron chi connectivity index (χ2n) is 12.0. The molecule has 3 heterocycles. The van der Waals surface area contributed by atoms with Crippen molar-refractivity contribution < 1.29 is 8.98 Å². The third-order valence-corrected chi connectivity index (χ3v) is 9.40. The van der Waals surface area contributed by atoms with Crippen molar-refractivity contribution in [3.8, 4) is 11.3 Å². The zero-order chi connectivity index (χ0) is 25.8. The van der Waals surface area contributed by atoms with E-state index < -0.39 is 0 Å². The number of hydrogen-bond donors (Lipinski definition) is 0. The van der Waals surface area contributed by atoms with Gasteiger partial charge in [0.25, 0.3) is 0 Å². The van der Waals surface area contributed by atoms with Gasteiger partial charge in [-0.25, -0.2) is 4.57 Å². The van der Waals surface area contributed by atoms with Gasteiger partial charge in [-0.05, 0) is 66.1 Å².